The number of H-pyrrole nitrogens is 1. The molecule has 7 heteroatoms. The lowest BCUT2D eigenvalue weighted by Crippen LogP contribution is -2.23. The fourth-order valence-corrected chi connectivity index (χ4v) is 3.65. The van der Waals surface area contributed by atoms with E-state index in [0.29, 0.717) is 18.0 Å². The molecule has 1 aromatic heterocycles. The van der Waals surface area contributed by atoms with E-state index in [-0.39, 0.29) is 6.42 Å². The second-order valence-corrected chi connectivity index (χ2v) is 7.34. The first kappa shape index (κ1) is 21.1. The molecule has 3 aromatic carbocycles. The smallest absolute Gasteiger partial charge is 0.304 e. The van der Waals surface area contributed by atoms with E-state index in [0.717, 1.165) is 27.8 Å². The second kappa shape index (κ2) is 9.34. The number of ether oxygens (including phenoxy) is 1. The topological polar surface area (TPSA) is 104 Å². The molecule has 1 atom stereocenters. The van der Waals surface area contributed by atoms with Crippen LogP contribution >= 0.6 is 0 Å². The van der Waals surface area contributed by atoms with Crippen molar-refractivity contribution in [3.8, 4) is 16.9 Å². The lowest BCUT2D eigenvalue weighted by molar-refractivity contribution is -0.139. The van der Waals surface area contributed by atoms with Crippen LogP contribution in [0.4, 0.5) is 5.82 Å². The van der Waals surface area contributed by atoms with Gasteiger partial charge < -0.3 is 15.2 Å². The Morgan fingerprint density at radius 3 is 2.56 bits per heavy atom. The Hall–Kier alpha value is -4.13. The molecule has 0 fully saturated rings. The zero-order valence-electron chi connectivity index (χ0n) is 17.5. The molecule has 0 saturated carbocycles. The van der Waals surface area contributed by atoms with E-state index in [1.54, 1.807) is 24.3 Å². The Kier molecular flexibility index (Phi) is 6.17. The van der Waals surface area contributed by atoms with Crippen LogP contribution in [0, 0.1) is 0 Å². The van der Waals surface area contributed by atoms with Crippen molar-refractivity contribution in [3.05, 3.63) is 78.4 Å². The molecule has 32 heavy (non-hydrogen) atoms. The highest BCUT2D eigenvalue weighted by Crippen LogP contribution is 2.30. The zero-order valence-corrected chi connectivity index (χ0v) is 17.5. The number of aliphatic carboxylic acids is 1. The van der Waals surface area contributed by atoms with Crippen molar-refractivity contribution in [2.24, 2.45) is 0 Å². The van der Waals surface area contributed by atoms with E-state index in [9.17, 15) is 14.7 Å². The SMILES string of the molecule is CCOc1cccc(-c2ccc3c(NC(=O)C(CC(=O)O)c4ccccc4)n[nH]c3c2)c1. The quantitative estimate of drug-likeness (QED) is 0.372. The van der Waals surface area contributed by atoms with Gasteiger partial charge in [-0.3, -0.25) is 14.7 Å². The van der Waals surface area contributed by atoms with Gasteiger partial charge in [-0.2, -0.15) is 5.10 Å². The summed E-state index contributed by atoms with van der Waals surface area (Å²) in [5, 5.41) is 20.0. The van der Waals surface area contributed by atoms with Gasteiger partial charge in [0.05, 0.1) is 24.5 Å². The molecular formula is C25H23N3O4. The summed E-state index contributed by atoms with van der Waals surface area (Å²) in [6, 6.07) is 22.5. The average molecular weight is 429 g/mol. The lowest BCUT2D eigenvalue weighted by atomic mass is 9.95. The Morgan fingerprint density at radius 1 is 1.03 bits per heavy atom. The molecule has 1 unspecified atom stereocenters. The van der Waals surface area contributed by atoms with E-state index in [1.807, 2.05) is 55.5 Å². The number of carbonyl (C=O) groups is 2. The molecule has 0 bridgehead atoms. The van der Waals surface area contributed by atoms with Crippen molar-refractivity contribution in [1.29, 1.82) is 0 Å². The van der Waals surface area contributed by atoms with Gasteiger partial charge in [0.25, 0.3) is 0 Å². The summed E-state index contributed by atoms with van der Waals surface area (Å²) in [5.74, 6) is -1.11. The van der Waals surface area contributed by atoms with Gasteiger partial charge in [0.2, 0.25) is 5.91 Å². The zero-order chi connectivity index (χ0) is 22.5. The van der Waals surface area contributed by atoms with Gasteiger partial charge in [0.15, 0.2) is 5.82 Å². The van der Waals surface area contributed by atoms with Gasteiger partial charge in [-0.15, -0.1) is 0 Å². The molecule has 1 amide bonds. The number of carbonyl (C=O) groups excluding carboxylic acids is 1. The minimum Gasteiger partial charge on any atom is -0.494 e. The van der Waals surface area contributed by atoms with Gasteiger partial charge in [-0.1, -0.05) is 48.5 Å². The van der Waals surface area contributed by atoms with Crippen LogP contribution in [0.3, 0.4) is 0 Å². The number of hydrogen-bond donors (Lipinski definition) is 3. The summed E-state index contributed by atoms with van der Waals surface area (Å²) >= 11 is 0. The molecule has 0 saturated heterocycles. The van der Waals surface area contributed by atoms with Gasteiger partial charge in [0.1, 0.15) is 5.75 Å². The maximum absolute atomic E-state index is 12.9. The first-order chi connectivity index (χ1) is 15.5. The molecule has 0 radical (unpaired) electrons. The van der Waals surface area contributed by atoms with Crippen molar-refractivity contribution in [2.45, 2.75) is 19.3 Å². The number of amides is 1. The van der Waals surface area contributed by atoms with E-state index in [1.165, 1.54) is 0 Å². The molecule has 4 rings (SSSR count). The molecule has 0 aliphatic heterocycles. The van der Waals surface area contributed by atoms with E-state index in [2.05, 4.69) is 15.5 Å². The number of fused-ring (bicyclic) bond motifs is 1. The van der Waals surface area contributed by atoms with Crippen LogP contribution in [0.15, 0.2) is 72.8 Å². The number of carboxylic acids is 1. The Morgan fingerprint density at radius 2 is 1.81 bits per heavy atom. The monoisotopic (exact) mass is 429 g/mol. The van der Waals surface area contributed by atoms with Crippen LogP contribution in [0.1, 0.15) is 24.8 Å². The average Bonchev–Trinajstić information content (AvgIpc) is 3.20. The number of aromatic nitrogens is 2. The number of rotatable bonds is 8. The van der Waals surface area contributed by atoms with E-state index in [4.69, 9.17) is 4.74 Å². The van der Waals surface area contributed by atoms with Crippen LogP contribution in [-0.2, 0) is 9.59 Å². The van der Waals surface area contributed by atoms with Crippen LogP contribution in [-0.4, -0.2) is 33.8 Å². The third kappa shape index (κ3) is 4.62. The third-order valence-corrected chi connectivity index (χ3v) is 5.18. The van der Waals surface area contributed by atoms with E-state index < -0.39 is 17.8 Å². The van der Waals surface area contributed by atoms with Crippen molar-refractivity contribution in [1.82, 2.24) is 10.2 Å². The first-order valence-corrected chi connectivity index (χ1v) is 10.3. The maximum Gasteiger partial charge on any atom is 0.304 e. The highest BCUT2D eigenvalue weighted by atomic mass is 16.5. The molecule has 0 spiro atoms. The molecule has 162 valence electrons. The predicted molar refractivity (Wildman–Crippen MR) is 123 cm³/mol. The van der Waals surface area contributed by atoms with Crippen molar-refractivity contribution in [2.75, 3.05) is 11.9 Å². The van der Waals surface area contributed by atoms with Gasteiger partial charge in [0, 0.05) is 5.39 Å². The van der Waals surface area contributed by atoms with Crippen molar-refractivity contribution < 1.29 is 19.4 Å². The highest BCUT2D eigenvalue weighted by molar-refractivity contribution is 6.03. The van der Waals surface area contributed by atoms with Gasteiger partial charge in [-0.05, 0) is 47.9 Å². The van der Waals surface area contributed by atoms with Crippen molar-refractivity contribution >= 4 is 28.6 Å². The highest BCUT2D eigenvalue weighted by Gasteiger charge is 2.25. The summed E-state index contributed by atoms with van der Waals surface area (Å²) in [5.41, 5.74) is 3.38. The van der Waals surface area contributed by atoms with Gasteiger partial charge >= 0.3 is 5.97 Å². The number of anilines is 1. The summed E-state index contributed by atoms with van der Waals surface area (Å²) in [6.07, 6.45) is -0.307. The minimum absolute atomic E-state index is 0.307. The largest absolute Gasteiger partial charge is 0.494 e. The number of benzene rings is 3. The Labute approximate surface area is 185 Å². The fraction of sp³-hybridized carbons (Fsp3) is 0.160. The molecule has 1 heterocycles. The summed E-state index contributed by atoms with van der Waals surface area (Å²) in [6.45, 7) is 2.54. The molecule has 4 aromatic rings. The Bertz CT molecular complexity index is 1250. The molecule has 7 nitrogen and oxygen atoms in total. The fourth-order valence-electron chi connectivity index (χ4n) is 3.65. The molecule has 0 aliphatic rings. The number of hydrogen-bond acceptors (Lipinski definition) is 4. The first-order valence-electron chi connectivity index (χ1n) is 10.3. The van der Waals surface area contributed by atoms with Gasteiger partial charge in [-0.25, -0.2) is 0 Å². The summed E-state index contributed by atoms with van der Waals surface area (Å²) in [4.78, 5) is 24.3. The minimum atomic E-state index is -1.04. The van der Waals surface area contributed by atoms with Crippen LogP contribution in [0.2, 0.25) is 0 Å². The number of aromatic amines is 1. The number of carboxylic acid groups (broad SMARTS) is 1. The predicted octanol–water partition coefficient (Wildman–Crippen LogP) is 4.83. The third-order valence-electron chi connectivity index (χ3n) is 5.18. The molecular weight excluding hydrogens is 406 g/mol. The molecule has 3 N–H and O–H groups in total. The van der Waals surface area contributed by atoms with Crippen LogP contribution in [0.25, 0.3) is 22.0 Å². The normalized spacial score (nSPS) is 11.8. The second-order valence-electron chi connectivity index (χ2n) is 7.34. The standard InChI is InChI=1S/C25H23N3O4/c1-2-32-19-10-6-9-17(13-19)18-11-12-20-22(14-18)27-28-24(20)26-25(31)21(15-23(29)30)16-7-4-3-5-8-16/h3-14,21H,2,15H2,1H3,(H,29,30)(H2,26,27,28,31). The molecule has 0 aliphatic carbocycles. The maximum atomic E-state index is 12.9. The number of nitrogens with zero attached hydrogens (tertiary/aromatic N) is 1. The summed E-state index contributed by atoms with van der Waals surface area (Å²) in [7, 11) is 0. The number of nitrogens with one attached hydrogen (secondary N) is 2. The van der Waals surface area contributed by atoms with E-state index >= 15 is 0 Å². The lowest BCUT2D eigenvalue weighted by Gasteiger charge is -2.14. The van der Waals surface area contributed by atoms with Crippen LogP contribution < -0.4 is 10.1 Å². The summed E-state index contributed by atoms with van der Waals surface area (Å²) < 4.78 is 5.58. The Balaban J connectivity index is 1.59. The van der Waals surface area contributed by atoms with Crippen molar-refractivity contribution in [3.63, 3.8) is 0 Å². The van der Waals surface area contributed by atoms with Crippen LogP contribution in [0.5, 0.6) is 5.75 Å².